The Labute approximate surface area is 158 Å². The van der Waals surface area contributed by atoms with Crippen LogP contribution in [0.5, 0.6) is 5.75 Å². The number of ether oxygens (including phenoxy) is 1. The molecular weight excluding hydrogens is 382 g/mol. The number of thioether (sulfide) groups is 2. The molecule has 0 radical (unpaired) electrons. The van der Waals surface area contributed by atoms with E-state index in [-0.39, 0.29) is 0 Å². The number of pyridine rings is 1. The van der Waals surface area contributed by atoms with E-state index in [1.165, 1.54) is 5.56 Å². The van der Waals surface area contributed by atoms with Gasteiger partial charge in [0.05, 0.1) is 7.11 Å². The summed E-state index contributed by atoms with van der Waals surface area (Å²) >= 11 is 10.8. The first kappa shape index (κ1) is 17.5. The first-order valence-corrected chi connectivity index (χ1v) is 10.2. The monoisotopic (exact) mass is 395 g/mol. The number of methoxy groups -OCH3 is 1. The third-order valence-electron chi connectivity index (χ3n) is 3.06. The van der Waals surface area contributed by atoms with E-state index in [0.717, 1.165) is 31.5 Å². The molecule has 0 unspecified atom stereocenters. The van der Waals surface area contributed by atoms with Gasteiger partial charge in [-0.3, -0.25) is 0 Å². The second-order valence-electron chi connectivity index (χ2n) is 4.75. The van der Waals surface area contributed by atoms with Crippen molar-refractivity contribution in [2.45, 2.75) is 20.2 Å². The van der Waals surface area contributed by atoms with Crippen molar-refractivity contribution in [3.8, 4) is 5.75 Å². The van der Waals surface area contributed by atoms with Crippen LogP contribution >= 0.6 is 46.5 Å². The maximum atomic E-state index is 5.79. The van der Waals surface area contributed by atoms with Gasteiger partial charge in [-0.05, 0) is 29.3 Å². The van der Waals surface area contributed by atoms with Crippen molar-refractivity contribution >= 4 is 46.5 Å². The molecule has 124 valence electrons. The Bertz CT molecular complexity index is 778. The predicted octanol–water partition coefficient (Wildman–Crippen LogP) is 5.18. The van der Waals surface area contributed by atoms with Gasteiger partial charge in [0.2, 0.25) is 0 Å². The van der Waals surface area contributed by atoms with Crippen molar-refractivity contribution in [2.75, 3.05) is 7.11 Å². The summed E-state index contributed by atoms with van der Waals surface area (Å²) in [6.07, 6.45) is 1.79. The van der Waals surface area contributed by atoms with E-state index in [1.807, 2.05) is 18.2 Å². The Kier molecular flexibility index (Phi) is 6.37. The minimum Gasteiger partial charge on any atom is -0.497 e. The molecule has 3 rings (SSSR count). The summed E-state index contributed by atoms with van der Waals surface area (Å²) in [6, 6.07) is 11.8. The number of halogens is 1. The highest BCUT2D eigenvalue weighted by Crippen LogP contribution is 2.32. The van der Waals surface area contributed by atoms with Gasteiger partial charge in [0.1, 0.15) is 10.9 Å². The van der Waals surface area contributed by atoms with Crippen LogP contribution < -0.4 is 4.74 Å². The number of benzene rings is 1. The summed E-state index contributed by atoms with van der Waals surface area (Å²) in [4.78, 5) is 4.08. The Morgan fingerprint density at radius 3 is 2.17 bits per heavy atom. The summed E-state index contributed by atoms with van der Waals surface area (Å²) in [7, 11) is 1.67. The van der Waals surface area contributed by atoms with Gasteiger partial charge in [-0.25, -0.2) is 4.98 Å². The third kappa shape index (κ3) is 5.11. The lowest BCUT2D eigenvalue weighted by molar-refractivity contribution is 0.414. The van der Waals surface area contributed by atoms with Crippen LogP contribution in [0, 0.1) is 0 Å². The topological polar surface area (TPSA) is 47.9 Å². The van der Waals surface area contributed by atoms with E-state index in [2.05, 4.69) is 27.3 Å². The van der Waals surface area contributed by atoms with Crippen molar-refractivity contribution in [1.82, 2.24) is 15.2 Å². The maximum absolute atomic E-state index is 5.79. The average molecular weight is 396 g/mol. The smallest absolute Gasteiger partial charge is 0.175 e. The molecule has 0 aliphatic heterocycles. The van der Waals surface area contributed by atoms with E-state index in [1.54, 1.807) is 54.2 Å². The molecule has 0 saturated carbocycles. The van der Waals surface area contributed by atoms with Crippen LogP contribution in [0.3, 0.4) is 0 Å². The Balaban J connectivity index is 1.50. The SMILES string of the molecule is COc1ccc(CSc2nnc(SCc3ccc(Cl)nc3)s2)cc1. The van der Waals surface area contributed by atoms with E-state index in [4.69, 9.17) is 16.3 Å². The van der Waals surface area contributed by atoms with Gasteiger partial charge in [-0.15, -0.1) is 10.2 Å². The van der Waals surface area contributed by atoms with Crippen LogP contribution in [0.4, 0.5) is 0 Å². The molecule has 1 aromatic carbocycles. The molecule has 8 heteroatoms. The van der Waals surface area contributed by atoms with E-state index in [0.29, 0.717) is 5.15 Å². The molecule has 0 saturated heterocycles. The summed E-state index contributed by atoms with van der Waals surface area (Å²) in [6.45, 7) is 0. The molecular formula is C16H14ClN3OS3. The van der Waals surface area contributed by atoms with Crippen LogP contribution in [0.15, 0.2) is 51.3 Å². The van der Waals surface area contributed by atoms with E-state index < -0.39 is 0 Å². The van der Waals surface area contributed by atoms with Gasteiger partial charge in [0.15, 0.2) is 8.68 Å². The molecule has 4 nitrogen and oxygen atoms in total. The quantitative estimate of drug-likeness (QED) is 0.405. The van der Waals surface area contributed by atoms with Gasteiger partial charge in [-0.2, -0.15) is 0 Å². The molecule has 0 atom stereocenters. The largest absolute Gasteiger partial charge is 0.497 e. The van der Waals surface area contributed by atoms with Crippen LogP contribution in [0.25, 0.3) is 0 Å². The Morgan fingerprint density at radius 1 is 0.958 bits per heavy atom. The predicted molar refractivity (Wildman–Crippen MR) is 101 cm³/mol. The molecule has 0 aliphatic rings. The number of nitrogens with zero attached hydrogens (tertiary/aromatic N) is 3. The van der Waals surface area contributed by atoms with Gasteiger partial charge in [0.25, 0.3) is 0 Å². The second kappa shape index (κ2) is 8.71. The number of rotatable bonds is 7. The lowest BCUT2D eigenvalue weighted by atomic mass is 10.2. The fourth-order valence-corrected chi connectivity index (χ4v) is 4.84. The first-order valence-electron chi connectivity index (χ1n) is 7.05. The van der Waals surface area contributed by atoms with Crippen molar-refractivity contribution < 1.29 is 4.74 Å². The van der Waals surface area contributed by atoms with Crippen LogP contribution in [-0.4, -0.2) is 22.3 Å². The van der Waals surface area contributed by atoms with Gasteiger partial charge in [0, 0.05) is 17.7 Å². The van der Waals surface area contributed by atoms with Crippen LogP contribution in [0.2, 0.25) is 5.15 Å². The Morgan fingerprint density at radius 2 is 1.58 bits per heavy atom. The third-order valence-corrected chi connectivity index (χ3v) is 6.62. The molecule has 2 aromatic heterocycles. The zero-order valence-electron chi connectivity index (χ0n) is 12.8. The average Bonchev–Trinajstić information content (AvgIpc) is 3.08. The molecule has 2 heterocycles. The highest BCUT2D eigenvalue weighted by atomic mass is 35.5. The lowest BCUT2D eigenvalue weighted by Gasteiger charge is -2.01. The van der Waals surface area contributed by atoms with Gasteiger partial charge < -0.3 is 4.74 Å². The number of hydrogen-bond acceptors (Lipinski definition) is 7. The van der Waals surface area contributed by atoms with Crippen molar-refractivity contribution in [2.24, 2.45) is 0 Å². The minimum atomic E-state index is 0.511. The summed E-state index contributed by atoms with van der Waals surface area (Å²) < 4.78 is 7.10. The second-order valence-corrected chi connectivity index (χ2v) is 8.56. The molecule has 24 heavy (non-hydrogen) atoms. The lowest BCUT2D eigenvalue weighted by Crippen LogP contribution is -1.84. The first-order chi connectivity index (χ1) is 11.7. The standard InChI is InChI=1S/C16H14ClN3OS3/c1-21-13-5-2-11(3-6-13)9-22-15-19-20-16(24-15)23-10-12-4-7-14(17)18-8-12/h2-8H,9-10H2,1H3. The fraction of sp³-hybridized carbons (Fsp3) is 0.188. The number of hydrogen-bond donors (Lipinski definition) is 0. The molecule has 0 aliphatic carbocycles. The van der Waals surface area contributed by atoms with E-state index >= 15 is 0 Å². The van der Waals surface area contributed by atoms with Gasteiger partial charge >= 0.3 is 0 Å². The molecule has 0 bridgehead atoms. The van der Waals surface area contributed by atoms with Crippen molar-refractivity contribution in [3.63, 3.8) is 0 Å². The van der Waals surface area contributed by atoms with Crippen LogP contribution in [0.1, 0.15) is 11.1 Å². The van der Waals surface area contributed by atoms with Gasteiger partial charge in [-0.1, -0.05) is 64.7 Å². The normalized spacial score (nSPS) is 10.8. The fourth-order valence-electron chi connectivity index (χ4n) is 1.82. The maximum Gasteiger partial charge on any atom is 0.175 e. The molecule has 0 spiro atoms. The summed E-state index contributed by atoms with van der Waals surface area (Å²) in [5.41, 5.74) is 2.35. The Hall–Kier alpha value is -1.28. The zero-order valence-corrected chi connectivity index (χ0v) is 16.0. The zero-order chi connectivity index (χ0) is 16.8. The minimum absolute atomic E-state index is 0.511. The highest BCUT2D eigenvalue weighted by molar-refractivity contribution is 8.02. The summed E-state index contributed by atoms with van der Waals surface area (Å²) in [5, 5.41) is 8.98. The highest BCUT2D eigenvalue weighted by Gasteiger charge is 2.07. The molecule has 3 aromatic rings. The van der Waals surface area contributed by atoms with Crippen molar-refractivity contribution in [3.05, 3.63) is 58.9 Å². The van der Waals surface area contributed by atoms with Crippen molar-refractivity contribution in [1.29, 1.82) is 0 Å². The van der Waals surface area contributed by atoms with E-state index in [9.17, 15) is 0 Å². The molecule has 0 amide bonds. The molecule has 0 fully saturated rings. The summed E-state index contributed by atoms with van der Waals surface area (Å²) in [5.74, 6) is 2.54. The number of aromatic nitrogens is 3. The van der Waals surface area contributed by atoms with Crippen LogP contribution in [-0.2, 0) is 11.5 Å². The molecule has 0 N–H and O–H groups in total.